The van der Waals surface area contributed by atoms with Gasteiger partial charge in [0, 0.05) is 19.5 Å². The molecular formula is C14H25N3O2. The zero-order valence-corrected chi connectivity index (χ0v) is 11.7. The molecule has 2 fully saturated rings. The average Bonchev–Trinajstić information content (AvgIpc) is 3.20. The van der Waals surface area contributed by atoms with E-state index in [1.165, 1.54) is 6.92 Å². The minimum atomic E-state index is -0.702. The van der Waals surface area contributed by atoms with Gasteiger partial charge in [-0.2, -0.15) is 0 Å². The van der Waals surface area contributed by atoms with Gasteiger partial charge < -0.3 is 16.4 Å². The van der Waals surface area contributed by atoms with Crippen LogP contribution in [0.1, 0.15) is 51.9 Å². The van der Waals surface area contributed by atoms with E-state index in [2.05, 4.69) is 10.6 Å². The van der Waals surface area contributed by atoms with Crippen LogP contribution in [-0.4, -0.2) is 29.9 Å². The summed E-state index contributed by atoms with van der Waals surface area (Å²) in [7, 11) is 0. The van der Waals surface area contributed by atoms with Crippen molar-refractivity contribution in [3.8, 4) is 0 Å². The number of hydrogen-bond donors (Lipinski definition) is 3. The van der Waals surface area contributed by atoms with E-state index in [1.54, 1.807) is 0 Å². The third-order valence-corrected chi connectivity index (χ3v) is 4.32. The molecule has 0 heterocycles. The molecule has 2 amide bonds. The van der Waals surface area contributed by atoms with Gasteiger partial charge in [0.15, 0.2) is 0 Å². The van der Waals surface area contributed by atoms with Crippen molar-refractivity contribution in [3.05, 3.63) is 0 Å². The predicted octanol–water partition coefficient (Wildman–Crippen LogP) is 0.679. The number of rotatable bonds is 5. The van der Waals surface area contributed by atoms with Crippen LogP contribution in [0.4, 0.5) is 0 Å². The lowest BCUT2D eigenvalue weighted by atomic mass is 9.80. The second kappa shape index (κ2) is 5.90. The molecule has 2 rings (SSSR count). The first-order chi connectivity index (χ1) is 9.07. The normalized spacial score (nSPS) is 23.5. The second-order valence-electron chi connectivity index (χ2n) is 5.98. The predicted molar refractivity (Wildman–Crippen MR) is 73.3 cm³/mol. The lowest BCUT2D eigenvalue weighted by Gasteiger charge is -2.37. The molecule has 1 unspecified atom stereocenters. The Morgan fingerprint density at radius 2 is 1.89 bits per heavy atom. The Kier molecular flexibility index (Phi) is 4.45. The van der Waals surface area contributed by atoms with Crippen LogP contribution in [0.3, 0.4) is 0 Å². The summed E-state index contributed by atoms with van der Waals surface area (Å²) in [5, 5.41) is 5.96. The maximum Gasteiger partial charge on any atom is 0.246 e. The van der Waals surface area contributed by atoms with E-state index in [-0.39, 0.29) is 17.9 Å². The maximum absolute atomic E-state index is 12.6. The Morgan fingerprint density at radius 3 is 2.37 bits per heavy atom. The largest absolute Gasteiger partial charge is 0.350 e. The van der Waals surface area contributed by atoms with E-state index < -0.39 is 5.54 Å². The topological polar surface area (TPSA) is 84.2 Å². The summed E-state index contributed by atoms with van der Waals surface area (Å²) in [6, 6.07) is 0.0695. The van der Waals surface area contributed by atoms with Crippen molar-refractivity contribution < 1.29 is 9.59 Å². The highest BCUT2D eigenvalue weighted by molar-refractivity contribution is 5.91. The van der Waals surface area contributed by atoms with E-state index >= 15 is 0 Å². The van der Waals surface area contributed by atoms with E-state index in [0.29, 0.717) is 12.5 Å². The summed E-state index contributed by atoms with van der Waals surface area (Å²) in [6.45, 7) is 1.96. The molecule has 4 N–H and O–H groups in total. The summed E-state index contributed by atoms with van der Waals surface area (Å²) >= 11 is 0. The highest BCUT2D eigenvalue weighted by Gasteiger charge is 2.42. The van der Waals surface area contributed by atoms with Crippen molar-refractivity contribution in [1.29, 1.82) is 0 Å². The van der Waals surface area contributed by atoms with Crippen LogP contribution in [-0.2, 0) is 9.59 Å². The van der Waals surface area contributed by atoms with Gasteiger partial charge in [0.1, 0.15) is 5.54 Å². The van der Waals surface area contributed by atoms with Gasteiger partial charge in [-0.15, -0.1) is 0 Å². The van der Waals surface area contributed by atoms with Gasteiger partial charge in [-0.25, -0.2) is 0 Å². The third kappa shape index (κ3) is 3.47. The fraction of sp³-hybridized carbons (Fsp3) is 0.857. The van der Waals surface area contributed by atoms with E-state index in [1.807, 2.05) is 0 Å². The Morgan fingerprint density at radius 1 is 1.26 bits per heavy atom. The minimum Gasteiger partial charge on any atom is -0.350 e. The summed E-state index contributed by atoms with van der Waals surface area (Å²) in [6.07, 6.45) is 6.89. The zero-order chi connectivity index (χ0) is 13.9. The number of carbonyl (C=O) groups is 2. The van der Waals surface area contributed by atoms with Crippen LogP contribution in [0.2, 0.25) is 0 Å². The van der Waals surface area contributed by atoms with Crippen LogP contribution in [0.5, 0.6) is 0 Å². The van der Waals surface area contributed by atoms with Crippen molar-refractivity contribution >= 4 is 11.8 Å². The van der Waals surface area contributed by atoms with Crippen molar-refractivity contribution in [3.63, 3.8) is 0 Å². The first-order valence-corrected chi connectivity index (χ1v) is 7.37. The standard InChI is InChI=1S/C14H25N3O2/c1-10(18)17-14(7-3-2-4-8-14)13(19)16-12(9-15)11-5-6-11/h11-12H,2-9,15H2,1H3,(H,16,19)(H,17,18). The molecule has 0 bridgehead atoms. The second-order valence-corrected chi connectivity index (χ2v) is 5.98. The molecule has 0 radical (unpaired) electrons. The molecule has 0 aromatic carbocycles. The molecule has 0 aromatic rings. The van der Waals surface area contributed by atoms with Gasteiger partial charge in [-0.1, -0.05) is 19.3 Å². The Hall–Kier alpha value is -1.10. The zero-order valence-electron chi connectivity index (χ0n) is 11.7. The molecule has 19 heavy (non-hydrogen) atoms. The number of carbonyl (C=O) groups excluding carboxylic acids is 2. The number of hydrogen-bond acceptors (Lipinski definition) is 3. The Bertz CT molecular complexity index is 347. The molecule has 2 saturated carbocycles. The van der Waals surface area contributed by atoms with Crippen molar-refractivity contribution in [2.75, 3.05) is 6.54 Å². The molecule has 1 atom stereocenters. The van der Waals surface area contributed by atoms with Crippen molar-refractivity contribution in [2.45, 2.75) is 63.5 Å². The molecule has 2 aliphatic carbocycles. The Balaban J connectivity index is 2.03. The SMILES string of the molecule is CC(=O)NC1(C(=O)NC(CN)C2CC2)CCCCC1. The first-order valence-electron chi connectivity index (χ1n) is 7.37. The van der Waals surface area contributed by atoms with Crippen molar-refractivity contribution in [2.24, 2.45) is 11.7 Å². The number of amides is 2. The monoisotopic (exact) mass is 267 g/mol. The number of nitrogens with one attached hydrogen (secondary N) is 2. The smallest absolute Gasteiger partial charge is 0.246 e. The van der Waals surface area contributed by atoms with Crippen LogP contribution < -0.4 is 16.4 Å². The fourth-order valence-electron chi connectivity index (χ4n) is 3.08. The quantitative estimate of drug-likeness (QED) is 0.685. The van der Waals surface area contributed by atoms with E-state index in [0.717, 1.165) is 44.9 Å². The van der Waals surface area contributed by atoms with Crippen molar-refractivity contribution in [1.82, 2.24) is 10.6 Å². The third-order valence-electron chi connectivity index (χ3n) is 4.32. The van der Waals surface area contributed by atoms with E-state index in [4.69, 9.17) is 5.73 Å². The van der Waals surface area contributed by atoms with Gasteiger partial charge in [0.05, 0.1) is 0 Å². The molecule has 0 saturated heterocycles. The molecule has 0 spiro atoms. The van der Waals surface area contributed by atoms with Gasteiger partial charge in [0.2, 0.25) is 11.8 Å². The fourth-order valence-corrected chi connectivity index (χ4v) is 3.08. The van der Waals surface area contributed by atoms with Crippen LogP contribution >= 0.6 is 0 Å². The molecule has 5 nitrogen and oxygen atoms in total. The minimum absolute atomic E-state index is 0.0373. The molecule has 108 valence electrons. The van der Waals surface area contributed by atoms with Crippen LogP contribution in [0.25, 0.3) is 0 Å². The lowest BCUT2D eigenvalue weighted by Crippen LogP contribution is -2.61. The van der Waals surface area contributed by atoms with Gasteiger partial charge in [0.25, 0.3) is 0 Å². The lowest BCUT2D eigenvalue weighted by molar-refractivity contribution is -0.135. The van der Waals surface area contributed by atoms with Crippen LogP contribution in [0, 0.1) is 5.92 Å². The highest BCUT2D eigenvalue weighted by atomic mass is 16.2. The van der Waals surface area contributed by atoms with Gasteiger partial charge in [-0.3, -0.25) is 9.59 Å². The first kappa shape index (κ1) is 14.3. The highest BCUT2D eigenvalue weighted by Crippen LogP contribution is 2.33. The van der Waals surface area contributed by atoms with E-state index in [9.17, 15) is 9.59 Å². The average molecular weight is 267 g/mol. The summed E-state index contributed by atoms with van der Waals surface area (Å²) in [5.74, 6) is 0.365. The number of nitrogens with two attached hydrogens (primary N) is 1. The summed E-state index contributed by atoms with van der Waals surface area (Å²) in [5.41, 5.74) is 5.03. The Labute approximate surface area is 114 Å². The molecular weight excluding hydrogens is 242 g/mol. The maximum atomic E-state index is 12.6. The van der Waals surface area contributed by atoms with Gasteiger partial charge >= 0.3 is 0 Å². The van der Waals surface area contributed by atoms with Gasteiger partial charge in [-0.05, 0) is 31.6 Å². The van der Waals surface area contributed by atoms with Crippen LogP contribution in [0.15, 0.2) is 0 Å². The summed E-state index contributed by atoms with van der Waals surface area (Å²) in [4.78, 5) is 24.0. The molecule has 0 aromatic heterocycles. The molecule has 2 aliphatic rings. The molecule has 5 heteroatoms. The molecule has 0 aliphatic heterocycles. The summed E-state index contributed by atoms with van der Waals surface area (Å²) < 4.78 is 0.